The average molecular weight is 693 g/mol. The zero-order valence-corrected chi connectivity index (χ0v) is 29.8. The highest BCUT2D eigenvalue weighted by Crippen LogP contribution is 2.56. The first kappa shape index (κ1) is 32.0. The molecule has 4 heteroatoms. The molecule has 0 radical (unpaired) electrons. The summed E-state index contributed by atoms with van der Waals surface area (Å²) in [4.78, 5) is 14.6. The Bertz CT molecular complexity index is 2680. The topological polar surface area (TPSA) is 62.5 Å². The van der Waals surface area contributed by atoms with Gasteiger partial charge in [-0.2, -0.15) is 5.26 Å². The number of hydrogen-bond donors (Lipinski definition) is 0. The molecule has 256 valence electrons. The van der Waals surface area contributed by atoms with Gasteiger partial charge in [0.2, 0.25) is 0 Å². The highest BCUT2D eigenvalue weighted by atomic mass is 15.0. The predicted octanol–water partition coefficient (Wildman–Crippen LogP) is 12.5. The Morgan fingerprint density at radius 1 is 0.407 bits per heavy atom. The molecule has 8 aromatic rings. The Balaban J connectivity index is 0.958. The van der Waals surface area contributed by atoms with E-state index < -0.39 is 0 Å². The molecule has 0 bridgehead atoms. The van der Waals surface area contributed by atoms with Crippen LogP contribution in [0, 0.1) is 11.3 Å². The predicted molar refractivity (Wildman–Crippen MR) is 219 cm³/mol. The van der Waals surface area contributed by atoms with Crippen molar-refractivity contribution in [2.75, 3.05) is 0 Å². The van der Waals surface area contributed by atoms with Gasteiger partial charge in [0, 0.05) is 22.1 Å². The molecule has 2 aliphatic rings. The Morgan fingerprint density at radius 2 is 0.852 bits per heavy atom. The molecule has 0 unspecified atom stereocenters. The number of rotatable bonds is 5. The van der Waals surface area contributed by atoms with Crippen LogP contribution in [0.4, 0.5) is 0 Å². The van der Waals surface area contributed by atoms with E-state index in [0.717, 1.165) is 40.7 Å². The molecular formula is C50H36N4. The molecule has 0 saturated heterocycles. The third-order valence-electron chi connectivity index (χ3n) is 11.5. The summed E-state index contributed by atoms with van der Waals surface area (Å²) in [6.45, 7) is 0. The summed E-state index contributed by atoms with van der Waals surface area (Å²) in [7, 11) is 0. The first-order chi connectivity index (χ1) is 26.6. The zero-order chi connectivity index (χ0) is 36.1. The van der Waals surface area contributed by atoms with Gasteiger partial charge >= 0.3 is 0 Å². The van der Waals surface area contributed by atoms with Crippen LogP contribution in [0.1, 0.15) is 48.8 Å². The first-order valence-corrected chi connectivity index (χ1v) is 18.9. The van der Waals surface area contributed by atoms with E-state index in [4.69, 9.17) is 15.0 Å². The van der Waals surface area contributed by atoms with Crippen LogP contribution in [-0.4, -0.2) is 15.0 Å². The molecule has 1 spiro atoms. The number of hydrogen-bond acceptors (Lipinski definition) is 4. The second kappa shape index (κ2) is 13.1. The minimum Gasteiger partial charge on any atom is -0.208 e. The van der Waals surface area contributed by atoms with Crippen molar-refractivity contribution in [2.24, 2.45) is 0 Å². The van der Waals surface area contributed by atoms with Crippen molar-refractivity contribution in [3.05, 3.63) is 174 Å². The molecule has 1 heterocycles. The van der Waals surface area contributed by atoms with Gasteiger partial charge in [-0.25, -0.2) is 15.0 Å². The maximum absolute atomic E-state index is 9.71. The van der Waals surface area contributed by atoms with E-state index in [0.29, 0.717) is 17.5 Å². The molecule has 2 aliphatic carbocycles. The zero-order valence-electron chi connectivity index (χ0n) is 29.8. The van der Waals surface area contributed by atoms with Gasteiger partial charge in [-0.3, -0.25) is 0 Å². The molecule has 1 saturated carbocycles. The summed E-state index contributed by atoms with van der Waals surface area (Å²) in [5, 5.41) is 12.1. The first-order valence-electron chi connectivity index (χ1n) is 18.9. The van der Waals surface area contributed by atoms with E-state index in [1.807, 2.05) is 66.7 Å². The molecule has 4 nitrogen and oxygen atoms in total. The van der Waals surface area contributed by atoms with Gasteiger partial charge in [-0.15, -0.1) is 0 Å². The normalized spacial score (nSPS) is 14.1. The lowest BCUT2D eigenvalue weighted by atomic mass is 9.67. The fourth-order valence-corrected chi connectivity index (χ4v) is 8.79. The fourth-order valence-electron chi connectivity index (χ4n) is 8.79. The monoisotopic (exact) mass is 692 g/mol. The highest BCUT2D eigenvalue weighted by molar-refractivity contribution is 5.92. The Morgan fingerprint density at radius 3 is 1.43 bits per heavy atom. The van der Waals surface area contributed by atoms with Crippen molar-refractivity contribution in [1.82, 2.24) is 15.0 Å². The van der Waals surface area contributed by atoms with E-state index in [1.165, 1.54) is 69.0 Å². The lowest BCUT2D eigenvalue weighted by Crippen LogP contribution is -2.28. The fraction of sp³-hybridized carbons (Fsp3) is 0.120. The highest BCUT2D eigenvalue weighted by Gasteiger charge is 2.44. The lowest BCUT2D eigenvalue weighted by molar-refractivity contribution is 0.353. The number of aromatic nitrogens is 3. The van der Waals surface area contributed by atoms with Gasteiger partial charge in [0.05, 0.1) is 11.6 Å². The second-order valence-electron chi connectivity index (χ2n) is 14.7. The SMILES string of the molecule is N#Cc1ccc2c(c1)C1(CCCCC1)c1cc(-c3ccc4cc(-c5ccc(-c6nc(-c7ccccc7)nc(-c7ccccc7)n6)cc5)ccc4c3)ccc1-2. The minimum absolute atomic E-state index is 0.00494. The van der Waals surface area contributed by atoms with E-state index >= 15 is 0 Å². The van der Waals surface area contributed by atoms with Crippen molar-refractivity contribution < 1.29 is 0 Å². The molecule has 1 aromatic heterocycles. The Labute approximate surface area is 315 Å². The maximum Gasteiger partial charge on any atom is 0.164 e. The summed E-state index contributed by atoms with van der Waals surface area (Å²) in [6, 6.07) is 58.0. The summed E-state index contributed by atoms with van der Waals surface area (Å²) < 4.78 is 0. The van der Waals surface area contributed by atoms with Crippen LogP contribution in [0.2, 0.25) is 0 Å². The standard InChI is InChI=1S/C50H36N4/c51-32-33-14-24-43-44-25-23-42(31-46(44)50(45(43)28-33)26-8-3-9-27-50)41-22-21-39-29-38(19-20-40(39)30-41)34-15-17-37(18-16-34)49-53-47(35-10-4-1-5-11-35)52-48(54-49)36-12-6-2-7-13-36/h1-2,4-7,10-25,28-31H,3,8-9,26-27H2. The van der Waals surface area contributed by atoms with Gasteiger partial charge in [-0.1, -0.05) is 147 Å². The van der Waals surface area contributed by atoms with Gasteiger partial charge < -0.3 is 0 Å². The molecule has 1 fully saturated rings. The van der Waals surface area contributed by atoms with Crippen molar-refractivity contribution in [3.8, 4) is 73.6 Å². The third kappa shape index (κ3) is 5.49. The largest absolute Gasteiger partial charge is 0.208 e. The van der Waals surface area contributed by atoms with Gasteiger partial charge in [-0.05, 0) is 98.5 Å². The van der Waals surface area contributed by atoms with Crippen LogP contribution in [-0.2, 0) is 5.41 Å². The van der Waals surface area contributed by atoms with Crippen LogP contribution >= 0.6 is 0 Å². The Kier molecular flexibility index (Phi) is 7.74. The summed E-state index contributed by atoms with van der Waals surface area (Å²) in [5.41, 5.74) is 13.8. The van der Waals surface area contributed by atoms with Gasteiger partial charge in [0.1, 0.15) is 0 Å². The second-order valence-corrected chi connectivity index (χ2v) is 14.7. The lowest BCUT2D eigenvalue weighted by Gasteiger charge is -2.36. The molecule has 0 N–H and O–H groups in total. The average Bonchev–Trinajstić information content (AvgIpc) is 3.51. The number of nitrogens with zero attached hydrogens (tertiary/aromatic N) is 4. The van der Waals surface area contributed by atoms with E-state index in [2.05, 4.69) is 97.1 Å². The van der Waals surface area contributed by atoms with Crippen LogP contribution in [0.15, 0.2) is 158 Å². The van der Waals surface area contributed by atoms with Crippen molar-refractivity contribution in [2.45, 2.75) is 37.5 Å². The molecule has 0 atom stereocenters. The van der Waals surface area contributed by atoms with Crippen molar-refractivity contribution in [1.29, 1.82) is 5.26 Å². The van der Waals surface area contributed by atoms with Crippen molar-refractivity contribution >= 4 is 10.8 Å². The van der Waals surface area contributed by atoms with E-state index in [-0.39, 0.29) is 5.41 Å². The molecular weight excluding hydrogens is 657 g/mol. The number of nitriles is 1. The molecule has 0 aliphatic heterocycles. The van der Waals surface area contributed by atoms with Gasteiger partial charge in [0.15, 0.2) is 17.5 Å². The van der Waals surface area contributed by atoms with Crippen LogP contribution in [0.25, 0.3) is 78.3 Å². The summed E-state index contributed by atoms with van der Waals surface area (Å²) in [5.74, 6) is 1.97. The molecule has 10 rings (SSSR count). The van der Waals surface area contributed by atoms with Crippen LogP contribution in [0.5, 0.6) is 0 Å². The van der Waals surface area contributed by atoms with Gasteiger partial charge in [0.25, 0.3) is 0 Å². The Hall–Kier alpha value is -6.70. The van der Waals surface area contributed by atoms with Crippen molar-refractivity contribution in [3.63, 3.8) is 0 Å². The van der Waals surface area contributed by atoms with Crippen LogP contribution < -0.4 is 0 Å². The molecule has 7 aromatic carbocycles. The quantitative estimate of drug-likeness (QED) is 0.180. The number of benzene rings is 7. The van der Waals surface area contributed by atoms with Crippen LogP contribution in [0.3, 0.4) is 0 Å². The summed E-state index contributed by atoms with van der Waals surface area (Å²) in [6.07, 6.45) is 6.02. The van der Waals surface area contributed by atoms with E-state index in [9.17, 15) is 5.26 Å². The number of fused-ring (bicyclic) bond motifs is 6. The van der Waals surface area contributed by atoms with E-state index in [1.54, 1.807) is 0 Å². The third-order valence-corrected chi connectivity index (χ3v) is 11.5. The maximum atomic E-state index is 9.71. The molecule has 0 amide bonds. The minimum atomic E-state index is 0.00494. The molecule has 54 heavy (non-hydrogen) atoms. The summed E-state index contributed by atoms with van der Waals surface area (Å²) >= 11 is 0. The smallest absolute Gasteiger partial charge is 0.164 e.